The molecule has 0 saturated carbocycles. The molecule has 0 atom stereocenters. The summed E-state index contributed by atoms with van der Waals surface area (Å²) >= 11 is 0. The maximum absolute atomic E-state index is 12.8. The molecule has 1 rings (SSSR count). The van der Waals surface area contributed by atoms with E-state index in [1.54, 1.807) is 7.11 Å². The molecule has 0 fully saturated rings. The van der Waals surface area contributed by atoms with Crippen LogP contribution in [0.1, 0.15) is 5.56 Å². The summed E-state index contributed by atoms with van der Waals surface area (Å²) in [5.41, 5.74) is 5.93. The molecule has 0 heterocycles. The lowest BCUT2D eigenvalue weighted by molar-refractivity contribution is 0.208. The largest absolute Gasteiger partial charge is 0.384 e. The van der Waals surface area contributed by atoms with Gasteiger partial charge in [-0.05, 0) is 18.2 Å². The maximum Gasteiger partial charge on any atom is 0.159 e. The van der Waals surface area contributed by atoms with Crippen molar-refractivity contribution in [2.45, 2.75) is 0 Å². The highest BCUT2D eigenvalue weighted by atomic mass is 19.2. The van der Waals surface area contributed by atoms with Crippen LogP contribution in [0.15, 0.2) is 23.2 Å². The molecule has 2 N–H and O–H groups in total. The number of aliphatic imine (C=N–C) groups is 1. The van der Waals surface area contributed by atoms with Crippen LogP contribution >= 0.6 is 0 Å². The highest BCUT2D eigenvalue weighted by Gasteiger charge is 2.04. The van der Waals surface area contributed by atoms with Crippen LogP contribution in [0.25, 0.3) is 0 Å². The Labute approximate surface area is 86.6 Å². The second kappa shape index (κ2) is 5.41. The molecule has 5 heteroatoms. The third kappa shape index (κ3) is 3.28. The fraction of sp³-hybridized carbons (Fsp3) is 0.300. The summed E-state index contributed by atoms with van der Waals surface area (Å²) in [6.07, 6.45) is 0. The molecular formula is C10H12F2N2O. The molecule has 1 aromatic carbocycles. The van der Waals surface area contributed by atoms with E-state index in [0.29, 0.717) is 18.7 Å². The Balaban J connectivity index is 2.77. The van der Waals surface area contributed by atoms with Crippen LogP contribution in [0.4, 0.5) is 8.78 Å². The number of halogens is 2. The van der Waals surface area contributed by atoms with Crippen LogP contribution in [0, 0.1) is 11.6 Å². The Hall–Kier alpha value is -1.49. The van der Waals surface area contributed by atoms with Gasteiger partial charge in [-0.3, -0.25) is 4.99 Å². The molecule has 0 amide bonds. The summed E-state index contributed by atoms with van der Waals surface area (Å²) < 4.78 is 30.2. The molecule has 0 aliphatic heterocycles. The van der Waals surface area contributed by atoms with Crippen LogP contribution in [0.3, 0.4) is 0 Å². The molecule has 0 aromatic heterocycles. The molecule has 0 spiro atoms. The molecular weight excluding hydrogens is 202 g/mol. The topological polar surface area (TPSA) is 47.6 Å². The van der Waals surface area contributed by atoms with E-state index in [-0.39, 0.29) is 5.84 Å². The first-order chi connectivity index (χ1) is 7.15. The third-order valence-electron chi connectivity index (χ3n) is 1.79. The summed E-state index contributed by atoms with van der Waals surface area (Å²) in [5.74, 6) is -1.66. The highest BCUT2D eigenvalue weighted by Crippen LogP contribution is 2.08. The molecule has 0 saturated heterocycles. The molecule has 0 radical (unpaired) electrons. The van der Waals surface area contributed by atoms with Crippen molar-refractivity contribution in [3.05, 3.63) is 35.4 Å². The molecule has 3 nitrogen and oxygen atoms in total. The summed E-state index contributed by atoms with van der Waals surface area (Å²) in [6, 6.07) is 3.41. The molecule has 82 valence electrons. The molecule has 0 unspecified atom stereocenters. The number of amidine groups is 1. The standard InChI is InChI=1S/C10H12F2N2O/c1-15-5-4-14-10(13)7-2-3-8(11)9(12)6-7/h2-3,6H,4-5H2,1H3,(H2,13,14). The summed E-state index contributed by atoms with van der Waals surface area (Å²) in [5, 5.41) is 0. The summed E-state index contributed by atoms with van der Waals surface area (Å²) in [7, 11) is 1.54. The van der Waals surface area contributed by atoms with Crippen molar-refractivity contribution in [3.63, 3.8) is 0 Å². The zero-order valence-corrected chi connectivity index (χ0v) is 8.34. The Morgan fingerprint density at radius 1 is 1.40 bits per heavy atom. The van der Waals surface area contributed by atoms with Crippen molar-refractivity contribution >= 4 is 5.84 Å². The van der Waals surface area contributed by atoms with Crippen molar-refractivity contribution in [3.8, 4) is 0 Å². The van der Waals surface area contributed by atoms with Crippen molar-refractivity contribution in [1.29, 1.82) is 0 Å². The fourth-order valence-corrected chi connectivity index (χ4v) is 1.00. The van der Waals surface area contributed by atoms with Gasteiger partial charge in [-0.15, -0.1) is 0 Å². The van der Waals surface area contributed by atoms with Gasteiger partial charge < -0.3 is 10.5 Å². The van der Waals surface area contributed by atoms with Gasteiger partial charge in [0.15, 0.2) is 11.6 Å². The predicted octanol–water partition coefficient (Wildman–Crippen LogP) is 1.32. The van der Waals surface area contributed by atoms with Crippen LogP contribution in [-0.2, 0) is 4.74 Å². The third-order valence-corrected chi connectivity index (χ3v) is 1.79. The first-order valence-corrected chi connectivity index (χ1v) is 4.39. The SMILES string of the molecule is COCCN=C(N)c1ccc(F)c(F)c1. The minimum Gasteiger partial charge on any atom is -0.384 e. The number of methoxy groups -OCH3 is 1. The van der Waals surface area contributed by atoms with E-state index in [2.05, 4.69) is 4.99 Å². The van der Waals surface area contributed by atoms with E-state index < -0.39 is 11.6 Å². The molecule has 0 aliphatic carbocycles. The van der Waals surface area contributed by atoms with E-state index >= 15 is 0 Å². The number of hydrogen-bond donors (Lipinski definition) is 1. The summed E-state index contributed by atoms with van der Waals surface area (Å²) in [6.45, 7) is 0.825. The second-order valence-corrected chi connectivity index (χ2v) is 2.89. The number of nitrogens with zero attached hydrogens (tertiary/aromatic N) is 1. The van der Waals surface area contributed by atoms with E-state index in [4.69, 9.17) is 10.5 Å². The lowest BCUT2D eigenvalue weighted by atomic mass is 10.2. The number of nitrogens with two attached hydrogens (primary N) is 1. The quantitative estimate of drug-likeness (QED) is 0.466. The minimum atomic E-state index is -0.933. The van der Waals surface area contributed by atoms with E-state index in [0.717, 1.165) is 12.1 Å². The summed E-state index contributed by atoms with van der Waals surface area (Å²) in [4.78, 5) is 3.94. The zero-order valence-electron chi connectivity index (χ0n) is 8.34. The van der Waals surface area contributed by atoms with Gasteiger partial charge in [0, 0.05) is 12.7 Å². The minimum absolute atomic E-state index is 0.172. The molecule has 15 heavy (non-hydrogen) atoms. The first kappa shape index (κ1) is 11.6. The van der Waals surface area contributed by atoms with Gasteiger partial charge in [0.1, 0.15) is 5.84 Å². The van der Waals surface area contributed by atoms with Crippen LogP contribution < -0.4 is 5.73 Å². The van der Waals surface area contributed by atoms with Crippen molar-refractivity contribution in [2.75, 3.05) is 20.3 Å². The maximum atomic E-state index is 12.8. The first-order valence-electron chi connectivity index (χ1n) is 4.39. The lowest BCUT2D eigenvalue weighted by Gasteiger charge is -2.01. The Kier molecular flexibility index (Phi) is 4.17. The molecule has 0 bridgehead atoms. The van der Waals surface area contributed by atoms with Crippen molar-refractivity contribution in [1.82, 2.24) is 0 Å². The zero-order chi connectivity index (χ0) is 11.3. The molecule has 1 aromatic rings. The highest BCUT2D eigenvalue weighted by molar-refractivity contribution is 5.97. The Morgan fingerprint density at radius 2 is 2.13 bits per heavy atom. The van der Waals surface area contributed by atoms with Gasteiger partial charge in [-0.2, -0.15) is 0 Å². The lowest BCUT2D eigenvalue weighted by Crippen LogP contribution is -2.15. The number of benzene rings is 1. The number of ether oxygens (including phenoxy) is 1. The Bertz CT molecular complexity index is 366. The van der Waals surface area contributed by atoms with Crippen LogP contribution in [-0.4, -0.2) is 26.1 Å². The Morgan fingerprint density at radius 3 is 2.73 bits per heavy atom. The van der Waals surface area contributed by atoms with Crippen LogP contribution in [0.5, 0.6) is 0 Å². The van der Waals surface area contributed by atoms with Gasteiger partial charge in [-0.1, -0.05) is 0 Å². The van der Waals surface area contributed by atoms with Gasteiger partial charge in [0.25, 0.3) is 0 Å². The van der Waals surface area contributed by atoms with Gasteiger partial charge in [-0.25, -0.2) is 8.78 Å². The average molecular weight is 214 g/mol. The molecule has 0 aliphatic rings. The number of hydrogen-bond acceptors (Lipinski definition) is 2. The van der Waals surface area contributed by atoms with Crippen LogP contribution in [0.2, 0.25) is 0 Å². The van der Waals surface area contributed by atoms with Gasteiger partial charge in [0.05, 0.1) is 13.2 Å². The predicted molar refractivity (Wildman–Crippen MR) is 53.8 cm³/mol. The second-order valence-electron chi connectivity index (χ2n) is 2.89. The van der Waals surface area contributed by atoms with Crippen molar-refractivity contribution < 1.29 is 13.5 Å². The van der Waals surface area contributed by atoms with E-state index in [1.807, 2.05) is 0 Å². The average Bonchev–Trinajstić information content (AvgIpc) is 2.22. The van der Waals surface area contributed by atoms with Gasteiger partial charge >= 0.3 is 0 Å². The number of rotatable bonds is 4. The van der Waals surface area contributed by atoms with E-state index in [9.17, 15) is 8.78 Å². The smallest absolute Gasteiger partial charge is 0.159 e. The van der Waals surface area contributed by atoms with Crippen molar-refractivity contribution in [2.24, 2.45) is 10.7 Å². The van der Waals surface area contributed by atoms with E-state index in [1.165, 1.54) is 6.07 Å². The normalized spacial score (nSPS) is 11.8. The monoisotopic (exact) mass is 214 g/mol. The fourth-order valence-electron chi connectivity index (χ4n) is 1.00. The van der Waals surface area contributed by atoms with Gasteiger partial charge in [0.2, 0.25) is 0 Å².